The first-order valence-electron chi connectivity index (χ1n) is 7.57. The maximum Gasteiger partial charge on any atom is 0.0628 e. The third-order valence-electron chi connectivity index (χ3n) is 4.74. The first kappa shape index (κ1) is 14.5. The van der Waals surface area contributed by atoms with Crippen LogP contribution in [0.15, 0.2) is 0 Å². The van der Waals surface area contributed by atoms with E-state index < -0.39 is 0 Å². The average Bonchev–Trinajstić information content (AvgIpc) is 2.98. The van der Waals surface area contributed by atoms with Crippen LogP contribution in [0.1, 0.15) is 55.5 Å². The molecule has 1 fully saturated rings. The molecule has 19 heavy (non-hydrogen) atoms. The van der Waals surface area contributed by atoms with Crippen LogP contribution in [0.4, 0.5) is 0 Å². The van der Waals surface area contributed by atoms with Crippen molar-refractivity contribution in [3.63, 3.8) is 0 Å². The predicted molar refractivity (Wildman–Crippen MR) is 78.7 cm³/mol. The molecule has 1 aliphatic rings. The van der Waals surface area contributed by atoms with E-state index >= 15 is 0 Å². The van der Waals surface area contributed by atoms with Crippen molar-refractivity contribution < 1.29 is 0 Å². The van der Waals surface area contributed by atoms with Crippen molar-refractivity contribution in [3.05, 3.63) is 17.0 Å². The lowest BCUT2D eigenvalue weighted by Gasteiger charge is -2.18. The molecule has 0 spiro atoms. The number of aryl methyl sites for hydroxylation is 2. The zero-order valence-electron chi connectivity index (χ0n) is 12.6. The van der Waals surface area contributed by atoms with Crippen LogP contribution in [0.25, 0.3) is 0 Å². The van der Waals surface area contributed by atoms with Crippen molar-refractivity contribution in [3.8, 4) is 0 Å². The van der Waals surface area contributed by atoms with Crippen LogP contribution < -0.4 is 11.3 Å². The van der Waals surface area contributed by atoms with Gasteiger partial charge in [-0.15, -0.1) is 0 Å². The van der Waals surface area contributed by atoms with Crippen LogP contribution >= 0.6 is 0 Å². The Morgan fingerprint density at radius 2 is 2.05 bits per heavy atom. The SMILES string of the molecule is Cc1nn(C)c(C)c1CC(CCC1CCCC1)NN. The van der Waals surface area contributed by atoms with Crippen molar-refractivity contribution in [2.75, 3.05) is 0 Å². The second-order valence-electron chi connectivity index (χ2n) is 6.07. The van der Waals surface area contributed by atoms with E-state index in [1.807, 2.05) is 11.7 Å². The third-order valence-corrected chi connectivity index (χ3v) is 4.74. The highest BCUT2D eigenvalue weighted by atomic mass is 15.3. The van der Waals surface area contributed by atoms with E-state index in [4.69, 9.17) is 5.84 Å². The first-order chi connectivity index (χ1) is 9.11. The Labute approximate surface area is 116 Å². The molecule has 0 bridgehead atoms. The van der Waals surface area contributed by atoms with Gasteiger partial charge in [0.05, 0.1) is 5.69 Å². The van der Waals surface area contributed by atoms with Crippen molar-refractivity contribution >= 4 is 0 Å². The van der Waals surface area contributed by atoms with E-state index in [-0.39, 0.29) is 0 Å². The largest absolute Gasteiger partial charge is 0.272 e. The molecule has 0 aromatic carbocycles. The van der Waals surface area contributed by atoms with Crippen LogP contribution in [0.3, 0.4) is 0 Å². The first-order valence-corrected chi connectivity index (χ1v) is 7.57. The summed E-state index contributed by atoms with van der Waals surface area (Å²) in [7, 11) is 2.01. The van der Waals surface area contributed by atoms with Gasteiger partial charge in [0.15, 0.2) is 0 Å². The van der Waals surface area contributed by atoms with E-state index in [9.17, 15) is 0 Å². The molecule has 1 atom stereocenters. The Balaban J connectivity index is 1.90. The van der Waals surface area contributed by atoms with Gasteiger partial charge in [-0.25, -0.2) is 0 Å². The van der Waals surface area contributed by atoms with Gasteiger partial charge in [-0.2, -0.15) is 5.10 Å². The summed E-state index contributed by atoms with van der Waals surface area (Å²) in [6.07, 6.45) is 9.17. The molecular formula is C15H28N4. The lowest BCUT2D eigenvalue weighted by molar-refractivity contribution is 0.406. The van der Waals surface area contributed by atoms with Crippen molar-refractivity contribution in [1.29, 1.82) is 0 Å². The highest BCUT2D eigenvalue weighted by Crippen LogP contribution is 2.29. The van der Waals surface area contributed by atoms with Gasteiger partial charge >= 0.3 is 0 Å². The number of hydrazine groups is 1. The average molecular weight is 264 g/mol. The molecule has 1 aromatic heterocycles. The second-order valence-corrected chi connectivity index (χ2v) is 6.07. The third kappa shape index (κ3) is 3.57. The minimum atomic E-state index is 0.377. The fraction of sp³-hybridized carbons (Fsp3) is 0.800. The minimum Gasteiger partial charge on any atom is -0.272 e. The van der Waals surface area contributed by atoms with Crippen LogP contribution in [0.5, 0.6) is 0 Å². The second kappa shape index (κ2) is 6.53. The summed E-state index contributed by atoms with van der Waals surface area (Å²) < 4.78 is 1.97. The maximum atomic E-state index is 5.74. The fourth-order valence-electron chi connectivity index (χ4n) is 3.34. The normalized spacial score (nSPS) is 18.1. The van der Waals surface area contributed by atoms with Gasteiger partial charge in [-0.05, 0) is 44.6 Å². The van der Waals surface area contributed by atoms with Gasteiger partial charge in [0.1, 0.15) is 0 Å². The molecule has 1 unspecified atom stereocenters. The molecule has 4 heteroatoms. The van der Waals surface area contributed by atoms with Crippen molar-refractivity contribution in [2.24, 2.45) is 18.8 Å². The zero-order valence-corrected chi connectivity index (χ0v) is 12.6. The number of nitrogens with two attached hydrogens (primary N) is 1. The Bertz CT molecular complexity index is 405. The van der Waals surface area contributed by atoms with Crippen LogP contribution in [0.2, 0.25) is 0 Å². The molecule has 3 N–H and O–H groups in total. The van der Waals surface area contributed by atoms with Crippen molar-refractivity contribution in [2.45, 2.75) is 64.8 Å². The summed E-state index contributed by atoms with van der Waals surface area (Å²) in [6.45, 7) is 4.23. The van der Waals surface area contributed by atoms with Crippen LogP contribution in [-0.4, -0.2) is 15.8 Å². The quantitative estimate of drug-likeness (QED) is 0.612. The van der Waals surface area contributed by atoms with E-state index in [0.29, 0.717) is 6.04 Å². The number of aromatic nitrogens is 2. The molecule has 1 heterocycles. The summed E-state index contributed by atoms with van der Waals surface area (Å²) in [5, 5.41) is 4.48. The molecule has 1 aliphatic carbocycles. The summed E-state index contributed by atoms with van der Waals surface area (Å²) in [5.41, 5.74) is 6.76. The van der Waals surface area contributed by atoms with Gasteiger partial charge in [-0.1, -0.05) is 25.7 Å². The van der Waals surface area contributed by atoms with Gasteiger partial charge in [0.25, 0.3) is 0 Å². The fourth-order valence-corrected chi connectivity index (χ4v) is 3.34. The molecule has 0 saturated heterocycles. The number of hydrogen-bond donors (Lipinski definition) is 2. The van der Waals surface area contributed by atoms with Gasteiger partial charge in [0, 0.05) is 18.8 Å². The molecule has 108 valence electrons. The summed E-state index contributed by atoms with van der Waals surface area (Å²) in [6, 6.07) is 0.377. The number of rotatable bonds is 6. The van der Waals surface area contributed by atoms with Crippen LogP contribution in [-0.2, 0) is 13.5 Å². The lowest BCUT2D eigenvalue weighted by Crippen LogP contribution is -2.37. The predicted octanol–water partition coefficient (Wildman–Crippen LogP) is 2.38. The Morgan fingerprint density at radius 3 is 2.58 bits per heavy atom. The van der Waals surface area contributed by atoms with Gasteiger partial charge in [0.2, 0.25) is 0 Å². The van der Waals surface area contributed by atoms with Crippen molar-refractivity contribution in [1.82, 2.24) is 15.2 Å². The smallest absolute Gasteiger partial charge is 0.0628 e. The molecule has 0 amide bonds. The zero-order chi connectivity index (χ0) is 13.8. The topological polar surface area (TPSA) is 55.9 Å². The monoisotopic (exact) mass is 264 g/mol. The summed E-state index contributed by atoms with van der Waals surface area (Å²) >= 11 is 0. The lowest BCUT2D eigenvalue weighted by atomic mass is 9.95. The van der Waals surface area contributed by atoms with Gasteiger partial charge < -0.3 is 0 Å². The van der Waals surface area contributed by atoms with E-state index in [1.54, 1.807) is 0 Å². The Morgan fingerprint density at radius 1 is 1.37 bits per heavy atom. The number of nitrogens with one attached hydrogen (secondary N) is 1. The van der Waals surface area contributed by atoms with E-state index in [0.717, 1.165) is 18.0 Å². The molecule has 1 saturated carbocycles. The Hall–Kier alpha value is -0.870. The maximum absolute atomic E-state index is 5.74. The molecule has 4 nitrogen and oxygen atoms in total. The highest BCUT2D eigenvalue weighted by molar-refractivity contribution is 5.25. The standard InChI is InChI=1S/C15H28N4/c1-11-15(12(2)19(3)18-11)10-14(17-16)9-8-13-6-4-5-7-13/h13-14,17H,4-10,16H2,1-3H3. The number of hydrogen-bond acceptors (Lipinski definition) is 3. The van der Waals surface area contributed by atoms with E-state index in [2.05, 4.69) is 24.4 Å². The van der Waals surface area contributed by atoms with Crippen LogP contribution in [0, 0.1) is 19.8 Å². The molecule has 0 aliphatic heterocycles. The summed E-state index contributed by atoms with van der Waals surface area (Å²) in [4.78, 5) is 0. The highest BCUT2D eigenvalue weighted by Gasteiger charge is 2.19. The minimum absolute atomic E-state index is 0.377. The molecule has 1 aromatic rings. The van der Waals surface area contributed by atoms with Gasteiger partial charge in [-0.3, -0.25) is 16.0 Å². The summed E-state index contributed by atoms with van der Waals surface area (Å²) in [5.74, 6) is 6.67. The number of nitrogens with zero attached hydrogens (tertiary/aromatic N) is 2. The molecule has 0 radical (unpaired) electrons. The van der Waals surface area contributed by atoms with E-state index in [1.165, 1.54) is 49.8 Å². The molecular weight excluding hydrogens is 236 g/mol. The Kier molecular flexibility index (Phi) is 4.99. The molecule has 2 rings (SSSR count).